The molecule has 1 saturated carbocycles. The fraction of sp³-hybridized carbons (Fsp3) is 0.556. The van der Waals surface area contributed by atoms with Crippen molar-refractivity contribution in [3.05, 3.63) is 28.4 Å². The predicted molar refractivity (Wildman–Crippen MR) is 108 cm³/mol. The summed E-state index contributed by atoms with van der Waals surface area (Å²) in [6.45, 7) is 1.61. The molecule has 0 spiro atoms. The molecule has 1 aliphatic rings. The third-order valence-electron chi connectivity index (χ3n) is 4.98. The quantitative estimate of drug-likeness (QED) is 0.624. The number of hydrogen-bond donors (Lipinski definition) is 3. The summed E-state index contributed by atoms with van der Waals surface area (Å²) in [6, 6.07) is 2.50. The van der Waals surface area contributed by atoms with Crippen molar-refractivity contribution < 1.29 is 4.74 Å². The number of nitrogens with zero attached hydrogens (tertiary/aromatic N) is 2. The maximum Gasteiger partial charge on any atom is 0.182 e. The molecule has 0 atom stereocenters. The molecule has 0 saturated heterocycles. The van der Waals surface area contributed by atoms with Crippen LogP contribution in [0.4, 0.5) is 5.13 Å². The molecule has 3 rings (SSSR count). The molecular weight excluding hydrogens is 370 g/mol. The Morgan fingerprint density at radius 1 is 1.42 bits per heavy atom. The van der Waals surface area contributed by atoms with Crippen LogP contribution in [0.25, 0.3) is 11.3 Å². The van der Waals surface area contributed by atoms with Crippen LogP contribution in [0.1, 0.15) is 31.4 Å². The number of nitrogens with one attached hydrogen (secondary N) is 2. The summed E-state index contributed by atoms with van der Waals surface area (Å²) in [7, 11) is 3.58. The van der Waals surface area contributed by atoms with Gasteiger partial charge in [-0.1, -0.05) is 11.6 Å². The van der Waals surface area contributed by atoms with Gasteiger partial charge in [0.2, 0.25) is 0 Å². The molecule has 8 heteroatoms. The van der Waals surface area contributed by atoms with Gasteiger partial charge < -0.3 is 21.1 Å². The highest BCUT2D eigenvalue weighted by atomic mass is 35.5. The Hall–Kier alpha value is -1.25. The highest BCUT2D eigenvalue weighted by molar-refractivity contribution is 7.14. The van der Waals surface area contributed by atoms with Gasteiger partial charge in [0.05, 0.1) is 28.6 Å². The SMILES string of the molecule is CNc1nc(-c2cc(C3(N)CCC(NCCOC)CC3)ncc2Cl)cs1. The Balaban J connectivity index is 1.74. The molecule has 1 fully saturated rings. The number of aromatic nitrogens is 2. The van der Waals surface area contributed by atoms with Gasteiger partial charge in [0.15, 0.2) is 5.13 Å². The molecule has 0 bridgehead atoms. The zero-order chi connectivity index (χ0) is 18.6. The second kappa shape index (κ2) is 8.63. The van der Waals surface area contributed by atoms with Crippen LogP contribution in [0.2, 0.25) is 5.02 Å². The van der Waals surface area contributed by atoms with E-state index < -0.39 is 5.54 Å². The second-order valence-corrected chi connectivity index (χ2v) is 7.98. The van der Waals surface area contributed by atoms with Crippen LogP contribution >= 0.6 is 22.9 Å². The van der Waals surface area contributed by atoms with Crippen LogP contribution in [0.5, 0.6) is 0 Å². The van der Waals surface area contributed by atoms with E-state index in [9.17, 15) is 0 Å². The number of nitrogens with two attached hydrogens (primary N) is 1. The lowest BCUT2D eigenvalue weighted by molar-refractivity contribution is 0.184. The molecule has 0 unspecified atom stereocenters. The van der Waals surface area contributed by atoms with E-state index >= 15 is 0 Å². The summed E-state index contributed by atoms with van der Waals surface area (Å²) in [4.78, 5) is 9.11. The molecule has 1 aliphatic carbocycles. The molecule has 2 heterocycles. The van der Waals surface area contributed by atoms with E-state index in [1.807, 2.05) is 18.5 Å². The van der Waals surface area contributed by atoms with E-state index in [4.69, 9.17) is 22.1 Å². The van der Waals surface area contributed by atoms with Gasteiger partial charge in [-0.3, -0.25) is 4.98 Å². The largest absolute Gasteiger partial charge is 0.383 e. The van der Waals surface area contributed by atoms with Gasteiger partial charge in [-0.2, -0.15) is 0 Å². The van der Waals surface area contributed by atoms with E-state index in [-0.39, 0.29) is 0 Å². The number of ether oxygens (including phenoxy) is 1. The van der Waals surface area contributed by atoms with E-state index in [1.54, 1.807) is 24.6 Å². The van der Waals surface area contributed by atoms with Crippen LogP contribution < -0.4 is 16.4 Å². The minimum atomic E-state index is -0.416. The molecule has 6 nitrogen and oxygen atoms in total. The summed E-state index contributed by atoms with van der Waals surface area (Å²) in [5, 5.41) is 10.0. The number of pyridine rings is 1. The number of anilines is 1. The van der Waals surface area contributed by atoms with Gasteiger partial charge in [-0.25, -0.2) is 4.98 Å². The molecule has 0 aromatic carbocycles. The zero-order valence-corrected chi connectivity index (χ0v) is 16.8. The van der Waals surface area contributed by atoms with Gasteiger partial charge >= 0.3 is 0 Å². The Morgan fingerprint density at radius 3 is 2.85 bits per heavy atom. The first-order valence-electron chi connectivity index (χ1n) is 8.86. The third-order valence-corrected chi connectivity index (χ3v) is 6.14. The second-order valence-electron chi connectivity index (χ2n) is 6.71. The summed E-state index contributed by atoms with van der Waals surface area (Å²) in [6.07, 6.45) is 5.54. The van der Waals surface area contributed by atoms with Gasteiger partial charge in [0.25, 0.3) is 0 Å². The summed E-state index contributed by atoms with van der Waals surface area (Å²) in [5.41, 5.74) is 8.96. The van der Waals surface area contributed by atoms with E-state index in [0.29, 0.717) is 11.1 Å². The zero-order valence-electron chi connectivity index (χ0n) is 15.2. The number of halogens is 1. The molecule has 26 heavy (non-hydrogen) atoms. The number of thiazole rings is 1. The molecule has 0 amide bonds. The first-order chi connectivity index (χ1) is 12.6. The lowest BCUT2D eigenvalue weighted by atomic mass is 9.77. The fourth-order valence-corrected chi connectivity index (χ4v) is 4.25. The maximum absolute atomic E-state index is 6.74. The standard InChI is InChI=1S/C18H26ClN5OS/c1-21-17-24-15(11-26-17)13-9-16(23-10-14(13)19)18(20)5-3-12(4-6-18)22-7-8-25-2/h9-12,22H,3-8,20H2,1-2H3,(H,21,24). The van der Waals surface area contributed by atoms with Crippen molar-refractivity contribution in [2.24, 2.45) is 5.73 Å². The van der Waals surface area contributed by atoms with Gasteiger partial charge in [0.1, 0.15) is 0 Å². The average Bonchev–Trinajstić information content (AvgIpc) is 3.13. The molecule has 0 aliphatic heterocycles. The van der Waals surface area contributed by atoms with Crippen LogP contribution in [0, 0.1) is 0 Å². The van der Waals surface area contributed by atoms with Crippen molar-refractivity contribution in [2.75, 3.05) is 32.6 Å². The summed E-state index contributed by atoms with van der Waals surface area (Å²) < 4.78 is 5.10. The Kier molecular flexibility index (Phi) is 6.47. The van der Waals surface area contributed by atoms with Crippen LogP contribution in [0.3, 0.4) is 0 Å². The Bertz CT molecular complexity index is 730. The normalized spacial score (nSPS) is 23.2. The van der Waals surface area contributed by atoms with Gasteiger partial charge in [-0.05, 0) is 31.7 Å². The van der Waals surface area contributed by atoms with Crippen LogP contribution in [0.15, 0.2) is 17.6 Å². The highest BCUT2D eigenvalue weighted by Crippen LogP contribution is 2.37. The van der Waals surface area contributed by atoms with Crippen molar-refractivity contribution >= 4 is 28.1 Å². The minimum Gasteiger partial charge on any atom is -0.383 e. The lowest BCUT2D eigenvalue weighted by Gasteiger charge is -2.37. The minimum absolute atomic E-state index is 0.416. The molecule has 2 aromatic rings. The molecule has 2 aromatic heterocycles. The number of methoxy groups -OCH3 is 1. The van der Waals surface area contributed by atoms with Crippen LogP contribution in [-0.4, -0.2) is 43.3 Å². The van der Waals surface area contributed by atoms with Gasteiger partial charge in [0, 0.05) is 43.9 Å². The predicted octanol–water partition coefficient (Wildman–Crippen LogP) is 3.23. The topological polar surface area (TPSA) is 85.1 Å². The van der Waals surface area contributed by atoms with Crippen LogP contribution in [-0.2, 0) is 10.3 Å². The van der Waals surface area contributed by atoms with E-state index in [2.05, 4.69) is 20.6 Å². The van der Waals surface area contributed by atoms with Crippen molar-refractivity contribution in [1.82, 2.24) is 15.3 Å². The van der Waals surface area contributed by atoms with Crippen molar-refractivity contribution in [3.8, 4) is 11.3 Å². The van der Waals surface area contributed by atoms with Crippen molar-refractivity contribution in [3.63, 3.8) is 0 Å². The first kappa shape index (κ1) is 19.5. The molecule has 142 valence electrons. The van der Waals surface area contributed by atoms with Crippen molar-refractivity contribution in [1.29, 1.82) is 0 Å². The fourth-order valence-electron chi connectivity index (χ4n) is 3.38. The van der Waals surface area contributed by atoms with Gasteiger partial charge in [-0.15, -0.1) is 11.3 Å². The van der Waals surface area contributed by atoms with E-state index in [0.717, 1.165) is 60.9 Å². The van der Waals surface area contributed by atoms with Crippen molar-refractivity contribution in [2.45, 2.75) is 37.3 Å². The number of rotatable bonds is 7. The molecule has 4 N–H and O–H groups in total. The lowest BCUT2D eigenvalue weighted by Crippen LogP contribution is -2.46. The maximum atomic E-state index is 6.74. The van der Waals surface area contributed by atoms with E-state index in [1.165, 1.54) is 0 Å². The smallest absolute Gasteiger partial charge is 0.182 e. The highest BCUT2D eigenvalue weighted by Gasteiger charge is 2.34. The molecule has 0 radical (unpaired) electrons. The first-order valence-corrected chi connectivity index (χ1v) is 10.1. The Morgan fingerprint density at radius 2 is 2.19 bits per heavy atom. The molecular formula is C18H26ClN5OS. The summed E-state index contributed by atoms with van der Waals surface area (Å²) in [5.74, 6) is 0. The third kappa shape index (κ3) is 4.35. The monoisotopic (exact) mass is 395 g/mol. The Labute approximate surface area is 163 Å². The number of hydrogen-bond acceptors (Lipinski definition) is 7. The summed E-state index contributed by atoms with van der Waals surface area (Å²) >= 11 is 7.93. The average molecular weight is 396 g/mol.